The molecule has 3 unspecified atom stereocenters. The van der Waals surface area contributed by atoms with E-state index in [9.17, 15) is 27.1 Å². The molecule has 2 bridgehead atoms. The maximum atomic E-state index is 13.8. The molecule has 3 aliphatic rings. The Morgan fingerprint density at radius 1 is 0.956 bits per heavy atom. The average molecular weight is 661 g/mol. The van der Waals surface area contributed by atoms with Crippen LogP contribution in [0.5, 0.6) is 5.75 Å². The van der Waals surface area contributed by atoms with Gasteiger partial charge in [0.15, 0.2) is 0 Å². The third-order valence-electron chi connectivity index (χ3n) is 9.01. The van der Waals surface area contributed by atoms with Crippen molar-refractivity contribution in [3.63, 3.8) is 0 Å². The molecule has 3 aromatic rings. The van der Waals surface area contributed by atoms with E-state index in [1.165, 1.54) is 28.6 Å². The van der Waals surface area contributed by atoms with Crippen molar-refractivity contribution in [2.45, 2.75) is 35.9 Å². The van der Waals surface area contributed by atoms with E-state index in [4.69, 9.17) is 16.3 Å². The SMILES string of the molecule is COc1ccc(S(=O)(=O)N2CCN(CC(O)c3ccc(F)cc3)CC2)cc1N1C2CCC1CN(C(=O)c1ccc(F)cc1Cl)C2. The number of benzene rings is 3. The first-order valence-corrected chi connectivity index (χ1v) is 16.7. The van der Waals surface area contributed by atoms with Crippen molar-refractivity contribution < 1.29 is 31.8 Å². The first kappa shape index (κ1) is 31.7. The van der Waals surface area contributed by atoms with Crippen LogP contribution in [0.2, 0.25) is 5.02 Å². The summed E-state index contributed by atoms with van der Waals surface area (Å²) in [4.78, 5) is 19.4. The number of ether oxygens (including phenoxy) is 1. The van der Waals surface area contributed by atoms with Crippen LogP contribution in [0, 0.1) is 11.6 Å². The fourth-order valence-electron chi connectivity index (χ4n) is 6.66. The van der Waals surface area contributed by atoms with E-state index in [2.05, 4.69) is 4.90 Å². The van der Waals surface area contributed by atoms with Gasteiger partial charge in [0.1, 0.15) is 17.4 Å². The zero-order valence-electron chi connectivity index (χ0n) is 24.8. The monoisotopic (exact) mass is 660 g/mol. The van der Waals surface area contributed by atoms with Crippen molar-refractivity contribution in [1.82, 2.24) is 14.1 Å². The van der Waals surface area contributed by atoms with Crippen LogP contribution in [-0.4, -0.2) is 98.5 Å². The van der Waals surface area contributed by atoms with Gasteiger partial charge in [0.25, 0.3) is 5.91 Å². The van der Waals surface area contributed by atoms with Crippen LogP contribution in [0.3, 0.4) is 0 Å². The third kappa shape index (κ3) is 6.39. The molecule has 1 N–H and O–H groups in total. The second-order valence-electron chi connectivity index (χ2n) is 11.7. The number of aliphatic hydroxyl groups excluding tert-OH is 1. The van der Waals surface area contributed by atoms with Crippen LogP contribution >= 0.6 is 11.6 Å². The van der Waals surface area contributed by atoms with Crippen LogP contribution in [0.15, 0.2) is 65.6 Å². The molecule has 0 spiro atoms. The van der Waals surface area contributed by atoms with Gasteiger partial charge in [-0.05, 0) is 66.9 Å². The number of hydrogen-bond acceptors (Lipinski definition) is 7. The first-order chi connectivity index (χ1) is 21.5. The number of carbonyl (C=O) groups is 1. The first-order valence-electron chi connectivity index (χ1n) is 14.9. The quantitative estimate of drug-likeness (QED) is 0.388. The molecule has 0 aliphatic carbocycles. The molecule has 9 nitrogen and oxygen atoms in total. The minimum Gasteiger partial charge on any atom is -0.495 e. The predicted octanol–water partition coefficient (Wildman–Crippen LogP) is 4.16. The Bertz CT molecular complexity index is 1660. The number of sulfonamides is 1. The van der Waals surface area contributed by atoms with Gasteiger partial charge < -0.3 is 19.6 Å². The van der Waals surface area contributed by atoms with E-state index < -0.39 is 21.9 Å². The Morgan fingerprint density at radius 3 is 2.22 bits per heavy atom. The van der Waals surface area contributed by atoms with Crippen LogP contribution < -0.4 is 9.64 Å². The smallest absolute Gasteiger partial charge is 0.255 e. The Labute approximate surface area is 266 Å². The molecule has 3 atom stereocenters. The fraction of sp³-hybridized carbons (Fsp3) is 0.406. The highest BCUT2D eigenvalue weighted by atomic mass is 35.5. The molecule has 13 heteroatoms. The highest BCUT2D eigenvalue weighted by molar-refractivity contribution is 7.89. The number of hydrogen-bond donors (Lipinski definition) is 1. The number of halogens is 3. The number of β-amino-alcohol motifs (C(OH)–C–C–N with tert-alkyl or cyclic N) is 1. The molecule has 0 aromatic heterocycles. The molecule has 6 rings (SSSR count). The predicted molar refractivity (Wildman–Crippen MR) is 166 cm³/mol. The van der Waals surface area contributed by atoms with Gasteiger partial charge in [-0.15, -0.1) is 0 Å². The summed E-state index contributed by atoms with van der Waals surface area (Å²) in [5.41, 5.74) is 1.52. The molecule has 45 heavy (non-hydrogen) atoms. The van der Waals surface area contributed by atoms with Gasteiger partial charge in [-0.2, -0.15) is 4.31 Å². The summed E-state index contributed by atoms with van der Waals surface area (Å²) in [5.74, 6) is -0.592. The molecule has 240 valence electrons. The molecular weight excluding hydrogens is 626 g/mol. The summed E-state index contributed by atoms with van der Waals surface area (Å²) in [6.07, 6.45) is 0.825. The van der Waals surface area contributed by atoms with Crippen molar-refractivity contribution in [2.24, 2.45) is 0 Å². The van der Waals surface area contributed by atoms with Gasteiger partial charge >= 0.3 is 0 Å². The lowest BCUT2D eigenvalue weighted by atomic mass is 10.1. The number of fused-ring (bicyclic) bond motifs is 2. The largest absolute Gasteiger partial charge is 0.495 e. The maximum absolute atomic E-state index is 13.8. The summed E-state index contributed by atoms with van der Waals surface area (Å²) in [6.45, 7) is 2.55. The number of piperazine rings is 2. The van der Waals surface area contributed by atoms with Gasteiger partial charge in [-0.25, -0.2) is 17.2 Å². The zero-order valence-corrected chi connectivity index (χ0v) is 26.4. The van der Waals surface area contributed by atoms with Crippen LogP contribution in [0.25, 0.3) is 0 Å². The number of carbonyl (C=O) groups excluding carboxylic acids is 1. The normalized spacial score (nSPS) is 21.6. The molecule has 3 aromatic carbocycles. The molecule has 0 saturated carbocycles. The number of rotatable bonds is 8. The molecule has 1 amide bonds. The van der Waals surface area contributed by atoms with Gasteiger partial charge in [-0.3, -0.25) is 9.69 Å². The lowest BCUT2D eigenvalue weighted by Crippen LogP contribution is -2.55. The van der Waals surface area contributed by atoms with Crippen molar-refractivity contribution in [1.29, 1.82) is 0 Å². The van der Waals surface area contributed by atoms with E-state index in [1.807, 2.05) is 4.90 Å². The summed E-state index contributed by atoms with van der Waals surface area (Å²) in [5, 5.41) is 10.7. The summed E-state index contributed by atoms with van der Waals surface area (Å²) < 4.78 is 61.6. The zero-order chi connectivity index (χ0) is 31.9. The van der Waals surface area contributed by atoms with Crippen molar-refractivity contribution >= 4 is 33.2 Å². The number of anilines is 1. The van der Waals surface area contributed by atoms with E-state index in [1.54, 1.807) is 42.3 Å². The second kappa shape index (κ2) is 12.8. The topological polar surface area (TPSA) is 93.6 Å². The molecule has 3 heterocycles. The molecular formula is C32H35ClF2N4O5S. The highest BCUT2D eigenvalue weighted by Gasteiger charge is 2.43. The highest BCUT2D eigenvalue weighted by Crippen LogP contribution is 2.41. The minimum absolute atomic E-state index is 0.0603. The maximum Gasteiger partial charge on any atom is 0.255 e. The average Bonchev–Trinajstić information content (AvgIpc) is 3.29. The molecule has 3 aliphatic heterocycles. The Balaban J connectivity index is 1.15. The van der Waals surface area contributed by atoms with Crippen molar-refractivity contribution in [3.8, 4) is 5.75 Å². The number of amides is 1. The van der Waals surface area contributed by atoms with Crippen molar-refractivity contribution in [2.75, 3.05) is 57.8 Å². The van der Waals surface area contributed by atoms with E-state index in [0.29, 0.717) is 49.7 Å². The van der Waals surface area contributed by atoms with Gasteiger partial charge in [0.05, 0.1) is 34.4 Å². The molecule has 0 radical (unpaired) electrons. The van der Waals surface area contributed by atoms with E-state index >= 15 is 0 Å². The van der Waals surface area contributed by atoms with Crippen LogP contribution in [0.4, 0.5) is 14.5 Å². The number of likely N-dealkylation sites (tertiary alicyclic amines) is 1. The molecule has 3 saturated heterocycles. The number of nitrogens with zero attached hydrogens (tertiary/aromatic N) is 4. The summed E-state index contributed by atoms with van der Waals surface area (Å²) >= 11 is 6.18. The van der Waals surface area contributed by atoms with Crippen molar-refractivity contribution in [3.05, 3.63) is 88.4 Å². The van der Waals surface area contributed by atoms with Gasteiger partial charge in [-0.1, -0.05) is 23.7 Å². The van der Waals surface area contributed by atoms with E-state index in [0.717, 1.165) is 18.9 Å². The lowest BCUT2D eigenvalue weighted by molar-refractivity contribution is 0.0717. The third-order valence-corrected chi connectivity index (χ3v) is 11.2. The van der Waals surface area contributed by atoms with Crippen LogP contribution in [0.1, 0.15) is 34.9 Å². The minimum atomic E-state index is -3.83. The molecule has 3 fully saturated rings. The Kier molecular flexibility index (Phi) is 9.04. The summed E-state index contributed by atoms with van der Waals surface area (Å²) in [7, 11) is -2.28. The van der Waals surface area contributed by atoms with E-state index in [-0.39, 0.29) is 52.4 Å². The second-order valence-corrected chi connectivity index (χ2v) is 14.1. The van der Waals surface area contributed by atoms with Gasteiger partial charge in [0.2, 0.25) is 10.0 Å². The van der Waals surface area contributed by atoms with Crippen LogP contribution in [-0.2, 0) is 10.0 Å². The van der Waals surface area contributed by atoms with Gasteiger partial charge in [0, 0.05) is 57.9 Å². The Morgan fingerprint density at radius 2 is 1.60 bits per heavy atom. The Hall–Kier alpha value is -3.29. The number of methoxy groups -OCH3 is 1. The number of aliphatic hydroxyl groups is 1. The summed E-state index contributed by atoms with van der Waals surface area (Å²) in [6, 6.07) is 14.2. The lowest BCUT2D eigenvalue weighted by Gasteiger charge is -2.43. The standard InChI is InChI=1S/C32H35ClF2N4O5S/c1-44-31-11-9-26(45(42,43)38-14-12-36(13-15-38)20-30(40)21-2-4-22(34)5-3-21)17-29(31)39-24-7-8-25(39)19-37(18-24)32(41)27-10-6-23(35)16-28(27)33/h2-6,9-11,16-17,24-25,30,40H,7-8,12-15,18-20H2,1H3. The fourth-order valence-corrected chi connectivity index (χ4v) is 8.35.